The SMILES string of the molecule is COc1cc(CSc2cc(Cl)c(-c3nc(-c4ccccc4)no3)cc2S(=O)(=O)N=C(N)NO)cc(OC)c1OC. The first-order valence-corrected chi connectivity index (χ1v) is 14.2. The Labute approximate surface area is 239 Å². The standard InChI is InChI=1S/C25H24ClN5O7S2/c1-35-18-9-14(10-19(36-2)22(18)37-3)13-39-20-12-17(26)16(11-21(20)40(33,34)31-25(27)29-32)24-28-23(30-38-24)15-7-5-4-6-8-15/h4-12,32H,13H2,1-3H3,(H3,27,29,31). The molecule has 0 unspecified atom stereocenters. The molecule has 4 aromatic rings. The maximum Gasteiger partial charge on any atom is 0.286 e. The van der Waals surface area contributed by atoms with Gasteiger partial charge in [-0.2, -0.15) is 13.4 Å². The van der Waals surface area contributed by atoms with Crippen molar-refractivity contribution in [3.63, 3.8) is 0 Å². The van der Waals surface area contributed by atoms with E-state index in [1.54, 1.807) is 24.3 Å². The molecule has 0 aliphatic carbocycles. The van der Waals surface area contributed by atoms with E-state index in [4.69, 9.17) is 41.3 Å². The van der Waals surface area contributed by atoms with Crippen molar-refractivity contribution in [2.24, 2.45) is 10.1 Å². The van der Waals surface area contributed by atoms with Crippen LogP contribution in [0, 0.1) is 0 Å². The second kappa shape index (κ2) is 12.5. The van der Waals surface area contributed by atoms with E-state index in [2.05, 4.69) is 14.5 Å². The molecule has 4 N–H and O–H groups in total. The zero-order chi connectivity index (χ0) is 28.9. The van der Waals surface area contributed by atoms with Gasteiger partial charge in [-0.1, -0.05) is 47.1 Å². The molecule has 0 saturated heterocycles. The van der Waals surface area contributed by atoms with E-state index in [9.17, 15) is 8.42 Å². The van der Waals surface area contributed by atoms with Crippen LogP contribution >= 0.6 is 23.4 Å². The molecular formula is C25H24ClN5O7S2. The first kappa shape index (κ1) is 29.0. The quantitative estimate of drug-likeness (QED) is 0.101. The second-order valence-electron chi connectivity index (χ2n) is 7.95. The highest BCUT2D eigenvalue weighted by Gasteiger charge is 2.25. The summed E-state index contributed by atoms with van der Waals surface area (Å²) in [7, 11) is 0.0529. The van der Waals surface area contributed by atoms with Crippen molar-refractivity contribution in [3.05, 3.63) is 65.2 Å². The van der Waals surface area contributed by atoms with E-state index in [1.165, 1.54) is 38.9 Å². The number of halogens is 1. The monoisotopic (exact) mass is 605 g/mol. The van der Waals surface area contributed by atoms with Crippen molar-refractivity contribution in [2.75, 3.05) is 21.3 Å². The lowest BCUT2D eigenvalue weighted by Crippen LogP contribution is -2.29. The molecule has 210 valence electrons. The minimum absolute atomic E-state index is 0.00119. The van der Waals surface area contributed by atoms with Gasteiger partial charge in [0.15, 0.2) is 11.5 Å². The average Bonchev–Trinajstić information content (AvgIpc) is 3.45. The molecular weight excluding hydrogens is 582 g/mol. The number of thioether (sulfide) groups is 1. The maximum absolute atomic E-state index is 13.2. The van der Waals surface area contributed by atoms with Gasteiger partial charge in [-0.3, -0.25) is 5.21 Å². The Kier molecular flexibility index (Phi) is 9.04. The third-order valence-electron chi connectivity index (χ3n) is 5.45. The summed E-state index contributed by atoms with van der Waals surface area (Å²) in [5.41, 5.74) is 8.57. The number of nitrogens with two attached hydrogens (primary N) is 1. The Hall–Kier alpha value is -3.98. The number of benzene rings is 3. The van der Waals surface area contributed by atoms with Crippen LogP contribution in [0.3, 0.4) is 0 Å². The summed E-state index contributed by atoms with van der Waals surface area (Å²) in [6.07, 6.45) is 0. The predicted molar refractivity (Wildman–Crippen MR) is 150 cm³/mol. The molecule has 0 aliphatic heterocycles. The Balaban J connectivity index is 1.77. The van der Waals surface area contributed by atoms with E-state index in [0.29, 0.717) is 28.6 Å². The topological polar surface area (TPSA) is 171 Å². The fourth-order valence-corrected chi connectivity index (χ4v) is 6.30. The van der Waals surface area contributed by atoms with E-state index >= 15 is 0 Å². The van der Waals surface area contributed by atoms with Crippen LogP contribution in [-0.4, -0.2) is 51.1 Å². The summed E-state index contributed by atoms with van der Waals surface area (Å²) in [6, 6.07) is 15.3. The predicted octanol–water partition coefficient (Wildman–Crippen LogP) is 4.36. The van der Waals surface area contributed by atoms with Crippen molar-refractivity contribution >= 4 is 39.3 Å². The van der Waals surface area contributed by atoms with Crippen LogP contribution < -0.4 is 25.4 Å². The van der Waals surface area contributed by atoms with Gasteiger partial charge in [0.1, 0.15) is 4.90 Å². The highest BCUT2D eigenvalue weighted by Crippen LogP contribution is 2.42. The number of rotatable bonds is 10. The minimum Gasteiger partial charge on any atom is -0.493 e. The molecule has 0 fully saturated rings. The normalized spacial score (nSPS) is 11.8. The maximum atomic E-state index is 13.2. The summed E-state index contributed by atoms with van der Waals surface area (Å²) in [4.78, 5) is 4.37. The largest absolute Gasteiger partial charge is 0.493 e. The Bertz CT molecular complexity index is 1620. The molecule has 0 amide bonds. The summed E-state index contributed by atoms with van der Waals surface area (Å²) in [5.74, 6) is 1.16. The van der Waals surface area contributed by atoms with Crippen molar-refractivity contribution in [3.8, 4) is 40.1 Å². The van der Waals surface area contributed by atoms with Crippen LogP contribution in [0.4, 0.5) is 0 Å². The number of ether oxygens (including phenoxy) is 3. The van der Waals surface area contributed by atoms with Gasteiger partial charge in [0.2, 0.25) is 17.5 Å². The lowest BCUT2D eigenvalue weighted by atomic mass is 10.2. The van der Waals surface area contributed by atoms with Gasteiger partial charge in [0.05, 0.1) is 31.9 Å². The van der Waals surface area contributed by atoms with Gasteiger partial charge in [-0.15, -0.1) is 16.2 Å². The Morgan fingerprint density at radius 1 is 1.10 bits per heavy atom. The summed E-state index contributed by atoms with van der Waals surface area (Å²) < 4.78 is 51.5. The molecule has 15 heteroatoms. The minimum atomic E-state index is -4.43. The number of sulfonamides is 1. The molecule has 1 heterocycles. The van der Waals surface area contributed by atoms with Crippen LogP contribution in [0.5, 0.6) is 17.2 Å². The van der Waals surface area contributed by atoms with Crippen LogP contribution in [-0.2, 0) is 15.8 Å². The molecule has 1 aromatic heterocycles. The van der Waals surface area contributed by atoms with E-state index in [0.717, 1.165) is 17.3 Å². The number of methoxy groups -OCH3 is 3. The average molecular weight is 606 g/mol. The third-order valence-corrected chi connectivity index (χ3v) is 8.35. The number of guanidine groups is 1. The number of nitrogens with zero attached hydrogens (tertiary/aromatic N) is 3. The molecule has 0 atom stereocenters. The fraction of sp³-hybridized carbons (Fsp3) is 0.160. The zero-order valence-corrected chi connectivity index (χ0v) is 23.8. The van der Waals surface area contributed by atoms with E-state index < -0.39 is 16.0 Å². The summed E-state index contributed by atoms with van der Waals surface area (Å²) >= 11 is 7.74. The summed E-state index contributed by atoms with van der Waals surface area (Å²) in [6.45, 7) is 0. The van der Waals surface area contributed by atoms with Gasteiger partial charge >= 0.3 is 0 Å². The molecule has 0 bridgehead atoms. The fourth-order valence-electron chi connectivity index (χ4n) is 3.63. The van der Waals surface area contributed by atoms with E-state index in [-0.39, 0.29) is 32.0 Å². The molecule has 4 rings (SSSR count). The first-order valence-electron chi connectivity index (χ1n) is 11.4. The van der Waals surface area contributed by atoms with Gasteiger partial charge < -0.3 is 24.5 Å². The lowest BCUT2D eigenvalue weighted by molar-refractivity contribution is 0.233. The Morgan fingerprint density at radius 3 is 2.38 bits per heavy atom. The first-order chi connectivity index (χ1) is 19.2. The number of hydroxylamine groups is 1. The zero-order valence-electron chi connectivity index (χ0n) is 21.4. The molecule has 3 aromatic carbocycles. The van der Waals surface area contributed by atoms with Crippen molar-refractivity contribution in [1.29, 1.82) is 0 Å². The lowest BCUT2D eigenvalue weighted by Gasteiger charge is -2.15. The molecule has 0 saturated carbocycles. The van der Waals surface area contributed by atoms with Crippen LogP contribution in [0.25, 0.3) is 22.8 Å². The van der Waals surface area contributed by atoms with Gasteiger partial charge in [-0.25, -0.2) is 5.48 Å². The van der Waals surface area contributed by atoms with Crippen molar-refractivity contribution in [1.82, 2.24) is 15.6 Å². The molecule has 0 radical (unpaired) electrons. The highest BCUT2D eigenvalue weighted by atomic mass is 35.5. The highest BCUT2D eigenvalue weighted by molar-refractivity contribution is 7.99. The molecule has 12 nitrogen and oxygen atoms in total. The van der Waals surface area contributed by atoms with Gasteiger partial charge in [0.25, 0.3) is 15.9 Å². The number of aromatic nitrogens is 2. The van der Waals surface area contributed by atoms with Crippen molar-refractivity contribution < 1.29 is 32.4 Å². The third kappa shape index (κ3) is 6.25. The second-order valence-corrected chi connectivity index (χ2v) is 11.0. The number of hydrogen-bond acceptors (Lipinski definition) is 10. The van der Waals surface area contributed by atoms with Gasteiger partial charge in [0, 0.05) is 16.2 Å². The number of hydrogen-bond donors (Lipinski definition) is 3. The molecule has 0 aliphatic rings. The smallest absolute Gasteiger partial charge is 0.286 e. The van der Waals surface area contributed by atoms with Gasteiger partial charge in [-0.05, 0) is 29.8 Å². The molecule has 0 spiro atoms. The number of nitrogens with one attached hydrogen (secondary N) is 1. The van der Waals surface area contributed by atoms with Crippen molar-refractivity contribution in [2.45, 2.75) is 15.5 Å². The van der Waals surface area contributed by atoms with E-state index in [1.807, 2.05) is 18.2 Å². The van der Waals surface area contributed by atoms with Crippen LogP contribution in [0.15, 0.2) is 73.3 Å². The summed E-state index contributed by atoms with van der Waals surface area (Å²) in [5, 5.41) is 13.2. The molecule has 40 heavy (non-hydrogen) atoms. The van der Waals surface area contributed by atoms with Crippen LogP contribution in [0.1, 0.15) is 5.56 Å². The Morgan fingerprint density at radius 2 is 1.77 bits per heavy atom. The van der Waals surface area contributed by atoms with Crippen LogP contribution in [0.2, 0.25) is 5.02 Å².